The summed E-state index contributed by atoms with van der Waals surface area (Å²) in [5.74, 6) is 4.33. The first-order chi connectivity index (χ1) is 15.4. The highest BCUT2D eigenvalue weighted by Gasteiger charge is 2.59. The van der Waals surface area contributed by atoms with Gasteiger partial charge in [0.05, 0.1) is 0 Å². The van der Waals surface area contributed by atoms with E-state index in [0.29, 0.717) is 16.7 Å². The second-order valence-electron chi connectivity index (χ2n) is 12.6. The minimum Gasteiger partial charge on any atom is -0.306 e. The van der Waals surface area contributed by atoms with Gasteiger partial charge in [0.2, 0.25) is 0 Å². The third kappa shape index (κ3) is 3.04. The lowest BCUT2D eigenvalue weighted by Crippen LogP contribution is -2.51. The molecular formula is C30H42N2. The first-order valence-corrected chi connectivity index (χ1v) is 13.4. The molecule has 1 aromatic heterocycles. The Morgan fingerprint density at radius 2 is 1.81 bits per heavy atom. The molecule has 0 N–H and O–H groups in total. The molecule has 0 aliphatic heterocycles. The van der Waals surface area contributed by atoms with Gasteiger partial charge in [-0.3, -0.25) is 4.98 Å². The molecule has 6 rings (SSSR count). The maximum atomic E-state index is 4.43. The highest BCUT2D eigenvalue weighted by Crippen LogP contribution is 2.67. The van der Waals surface area contributed by atoms with Crippen LogP contribution in [-0.4, -0.2) is 30.0 Å². The molecule has 5 aliphatic rings. The SMILES string of the molecule is CN(C)[C@H]1CC[C@@]2(C)C(=CC[C@H]3[C@@H]4CC[C@H](C5C=Cc6ccncc6C5)[C@@]4(C)CC[C@@H]32)C1. The van der Waals surface area contributed by atoms with Crippen LogP contribution in [0.15, 0.2) is 36.2 Å². The van der Waals surface area contributed by atoms with Crippen LogP contribution in [0.1, 0.15) is 76.3 Å². The Morgan fingerprint density at radius 1 is 0.969 bits per heavy atom. The summed E-state index contributed by atoms with van der Waals surface area (Å²) in [5, 5.41) is 0. The number of fused-ring (bicyclic) bond motifs is 6. The normalized spacial score (nSPS) is 45.0. The smallest absolute Gasteiger partial charge is 0.0306 e. The molecule has 2 heteroatoms. The summed E-state index contributed by atoms with van der Waals surface area (Å²) in [6, 6.07) is 2.94. The Hall–Kier alpha value is -1.41. The van der Waals surface area contributed by atoms with E-state index in [1.165, 1.54) is 68.9 Å². The number of pyridine rings is 1. The largest absolute Gasteiger partial charge is 0.306 e. The lowest BCUT2D eigenvalue weighted by atomic mass is 9.46. The maximum absolute atomic E-state index is 4.43. The standard InChI is InChI=1S/C30H42N2/c1-29-14-11-24(32(3)4)18-23(29)7-8-25-27-10-9-26(30(27,2)15-12-28(25)29)21-6-5-20-13-16-31-19-22(20)17-21/h5-7,13,16,19,21,24-28H,8-12,14-15,17-18H2,1-4H3/t21?,24-,25-,26+,27-,28-,29-,30+/m0/s1. The molecular weight excluding hydrogens is 388 g/mol. The van der Waals surface area contributed by atoms with Crippen LogP contribution < -0.4 is 0 Å². The van der Waals surface area contributed by atoms with Crippen molar-refractivity contribution in [1.82, 2.24) is 9.88 Å². The van der Waals surface area contributed by atoms with Gasteiger partial charge >= 0.3 is 0 Å². The summed E-state index contributed by atoms with van der Waals surface area (Å²) in [5.41, 5.74) is 5.69. The molecule has 0 spiro atoms. The minimum atomic E-state index is 0.476. The van der Waals surface area contributed by atoms with Crippen molar-refractivity contribution < 1.29 is 0 Å². The zero-order valence-corrected chi connectivity index (χ0v) is 20.7. The van der Waals surface area contributed by atoms with Crippen LogP contribution in [-0.2, 0) is 6.42 Å². The fraction of sp³-hybridized carbons (Fsp3) is 0.700. The van der Waals surface area contributed by atoms with Crippen molar-refractivity contribution in [2.45, 2.75) is 77.7 Å². The molecule has 3 fully saturated rings. The van der Waals surface area contributed by atoms with E-state index in [1.54, 1.807) is 0 Å². The number of hydrogen-bond donors (Lipinski definition) is 0. The molecule has 0 aromatic carbocycles. The predicted octanol–water partition coefficient (Wildman–Crippen LogP) is 6.78. The Bertz CT molecular complexity index is 944. The zero-order valence-electron chi connectivity index (χ0n) is 20.7. The molecule has 1 aromatic rings. The van der Waals surface area contributed by atoms with Gasteiger partial charge < -0.3 is 4.90 Å². The predicted molar refractivity (Wildman–Crippen MR) is 133 cm³/mol. The Labute approximate surface area is 195 Å². The first kappa shape index (κ1) is 21.1. The van der Waals surface area contributed by atoms with Gasteiger partial charge in [0.1, 0.15) is 0 Å². The molecule has 0 bridgehead atoms. The van der Waals surface area contributed by atoms with Crippen molar-refractivity contribution in [1.29, 1.82) is 0 Å². The van der Waals surface area contributed by atoms with Gasteiger partial charge in [-0.25, -0.2) is 0 Å². The van der Waals surface area contributed by atoms with Gasteiger partial charge in [-0.2, -0.15) is 0 Å². The molecule has 0 radical (unpaired) electrons. The average molecular weight is 431 g/mol. The molecule has 8 atom stereocenters. The molecule has 1 unspecified atom stereocenters. The van der Waals surface area contributed by atoms with Crippen molar-refractivity contribution in [2.75, 3.05) is 14.1 Å². The fourth-order valence-electron chi connectivity index (χ4n) is 9.42. The van der Waals surface area contributed by atoms with Crippen molar-refractivity contribution >= 4 is 6.08 Å². The van der Waals surface area contributed by atoms with E-state index in [0.717, 1.165) is 29.7 Å². The molecule has 0 saturated heterocycles. The Morgan fingerprint density at radius 3 is 2.66 bits per heavy atom. The third-order valence-corrected chi connectivity index (χ3v) is 11.3. The van der Waals surface area contributed by atoms with Crippen molar-refractivity contribution in [2.24, 2.45) is 40.4 Å². The van der Waals surface area contributed by atoms with Gasteiger partial charge in [0, 0.05) is 18.4 Å². The van der Waals surface area contributed by atoms with Gasteiger partial charge in [-0.1, -0.05) is 37.6 Å². The number of hydrogen-bond acceptors (Lipinski definition) is 2. The lowest BCUT2D eigenvalue weighted by Gasteiger charge is -2.59. The van der Waals surface area contributed by atoms with E-state index in [2.05, 4.69) is 68.3 Å². The van der Waals surface area contributed by atoms with Gasteiger partial charge in [0.25, 0.3) is 0 Å². The number of aromatic nitrogens is 1. The molecule has 0 amide bonds. The Kier molecular flexibility index (Phi) is 4.99. The minimum absolute atomic E-state index is 0.476. The quantitative estimate of drug-likeness (QED) is 0.481. The summed E-state index contributed by atoms with van der Waals surface area (Å²) < 4.78 is 0. The van der Waals surface area contributed by atoms with Crippen LogP contribution in [0, 0.1) is 40.4 Å². The van der Waals surface area contributed by atoms with Crippen LogP contribution in [0.2, 0.25) is 0 Å². The molecule has 172 valence electrons. The molecule has 32 heavy (non-hydrogen) atoms. The second kappa shape index (κ2) is 7.55. The Balaban J connectivity index is 1.25. The summed E-state index contributed by atoms with van der Waals surface area (Å²) in [4.78, 5) is 6.90. The first-order valence-electron chi connectivity index (χ1n) is 13.4. The van der Waals surface area contributed by atoms with Gasteiger partial charge in [-0.05, 0) is 129 Å². The fourth-order valence-corrected chi connectivity index (χ4v) is 9.42. The van der Waals surface area contributed by atoms with Crippen molar-refractivity contribution in [3.8, 4) is 0 Å². The van der Waals surface area contributed by atoms with E-state index >= 15 is 0 Å². The lowest BCUT2D eigenvalue weighted by molar-refractivity contribution is -0.0510. The summed E-state index contributed by atoms with van der Waals surface area (Å²) in [6.45, 7) is 5.35. The number of allylic oxidation sites excluding steroid dienone is 2. The maximum Gasteiger partial charge on any atom is 0.0306 e. The monoisotopic (exact) mass is 430 g/mol. The number of nitrogens with zero attached hydrogens (tertiary/aromatic N) is 2. The van der Waals surface area contributed by atoms with Crippen LogP contribution in [0.5, 0.6) is 0 Å². The van der Waals surface area contributed by atoms with Gasteiger partial charge in [-0.15, -0.1) is 0 Å². The summed E-state index contributed by atoms with van der Waals surface area (Å²) in [7, 11) is 4.55. The zero-order chi connectivity index (χ0) is 22.1. The van der Waals surface area contributed by atoms with Crippen LogP contribution in [0.25, 0.3) is 6.08 Å². The van der Waals surface area contributed by atoms with E-state index < -0.39 is 0 Å². The highest BCUT2D eigenvalue weighted by molar-refractivity contribution is 5.56. The molecule has 2 nitrogen and oxygen atoms in total. The highest BCUT2D eigenvalue weighted by atomic mass is 15.1. The third-order valence-electron chi connectivity index (χ3n) is 11.3. The van der Waals surface area contributed by atoms with Crippen molar-refractivity contribution in [3.63, 3.8) is 0 Å². The van der Waals surface area contributed by atoms with Crippen LogP contribution in [0.3, 0.4) is 0 Å². The number of rotatable bonds is 2. The molecule has 1 heterocycles. The van der Waals surface area contributed by atoms with E-state index in [1.807, 2.05) is 11.8 Å². The van der Waals surface area contributed by atoms with E-state index in [9.17, 15) is 0 Å². The average Bonchev–Trinajstić information content (AvgIpc) is 3.15. The van der Waals surface area contributed by atoms with E-state index in [-0.39, 0.29) is 0 Å². The molecule has 3 saturated carbocycles. The second-order valence-corrected chi connectivity index (χ2v) is 12.6. The van der Waals surface area contributed by atoms with Gasteiger partial charge in [0.15, 0.2) is 0 Å². The summed E-state index contributed by atoms with van der Waals surface area (Å²) >= 11 is 0. The topological polar surface area (TPSA) is 16.1 Å². The van der Waals surface area contributed by atoms with Crippen LogP contribution in [0.4, 0.5) is 0 Å². The van der Waals surface area contributed by atoms with Crippen LogP contribution >= 0.6 is 0 Å². The van der Waals surface area contributed by atoms with Crippen molar-refractivity contribution in [3.05, 3.63) is 47.3 Å². The molecule has 5 aliphatic carbocycles. The van der Waals surface area contributed by atoms with E-state index in [4.69, 9.17) is 0 Å². The summed E-state index contributed by atoms with van der Waals surface area (Å²) in [6.07, 6.45) is 24.2.